The summed E-state index contributed by atoms with van der Waals surface area (Å²) in [6.45, 7) is -3.17. The topological polar surface area (TPSA) is 118 Å². The molecule has 2 aromatic carbocycles. The number of hydrogen-bond donors (Lipinski definition) is 0. The number of carbonyl (C=O) groups is 3. The second kappa shape index (κ2) is 12.5. The zero-order valence-electron chi connectivity index (χ0n) is 21.6. The van der Waals surface area contributed by atoms with Gasteiger partial charge in [-0.05, 0) is 29.8 Å². The standard InChI is InChI=1S/C28H22Cl2F2N2O8/c29-20-11-33(38)12-21(30)19(20)10-23(41-25(35)13-34-26(36)17-3-1-2-4-18(17)27(34)37)15-5-6-22(42-28(31)32)24(9-15)40-16-7-8-39-14-16/h1-6,9,11-12,16,23,28H,7-8,10,13-14H2/t16?,23-/m0/s1. The zero-order chi connectivity index (χ0) is 30.0. The summed E-state index contributed by atoms with van der Waals surface area (Å²) in [5, 5.41) is 11.7. The predicted octanol–water partition coefficient (Wildman–Crippen LogP) is 4.52. The smallest absolute Gasteiger partial charge is 0.387 e. The lowest BCUT2D eigenvalue weighted by atomic mass is 10.0. The van der Waals surface area contributed by atoms with Crippen molar-refractivity contribution in [1.82, 2.24) is 4.90 Å². The van der Waals surface area contributed by atoms with Gasteiger partial charge in [-0.1, -0.05) is 41.4 Å². The molecule has 1 unspecified atom stereocenters. The van der Waals surface area contributed by atoms with E-state index >= 15 is 0 Å². The first-order valence-corrected chi connectivity index (χ1v) is 13.4. The van der Waals surface area contributed by atoms with Crippen molar-refractivity contribution >= 4 is 41.0 Å². The highest BCUT2D eigenvalue weighted by molar-refractivity contribution is 6.35. The van der Waals surface area contributed by atoms with Crippen molar-refractivity contribution in [3.8, 4) is 11.5 Å². The van der Waals surface area contributed by atoms with Crippen LogP contribution in [0.4, 0.5) is 8.78 Å². The van der Waals surface area contributed by atoms with Crippen LogP contribution in [-0.4, -0.2) is 55.2 Å². The van der Waals surface area contributed by atoms with Crippen LogP contribution in [0.2, 0.25) is 10.0 Å². The van der Waals surface area contributed by atoms with Crippen LogP contribution in [0.5, 0.6) is 11.5 Å². The summed E-state index contributed by atoms with van der Waals surface area (Å²) in [5.41, 5.74) is 0.844. The van der Waals surface area contributed by atoms with Gasteiger partial charge >= 0.3 is 12.6 Å². The Balaban J connectivity index is 1.45. The first-order valence-electron chi connectivity index (χ1n) is 12.6. The number of ether oxygens (including phenoxy) is 4. The quantitative estimate of drug-likeness (QED) is 0.140. The SMILES string of the molecule is O=C(CN1C(=O)c2ccccc2C1=O)O[C@@H](Cc1c(Cl)c[n+]([O-])cc1Cl)c1ccc(OC(F)F)c(OC2CCOC2)c1. The maximum atomic E-state index is 13.2. The van der Waals surface area contributed by atoms with E-state index in [1.807, 2.05) is 0 Å². The third-order valence-electron chi connectivity index (χ3n) is 6.62. The van der Waals surface area contributed by atoms with E-state index in [0.717, 1.165) is 17.3 Å². The van der Waals surface area contributed by atoms with Crippen molar-refractivity contribution in [2.45, 2.75) is 31.7 Å². The minimum Gasteiger partial charge on any atom is -0.619 e. The van der Waals surface area contributed by atoms with Crippen LogP contribution in [0.1, 0.15) is 44.4 Å². The van der Waals surface area contributed by atoms with Gasteiger partial charge in [0.2, 0.25) is 0 Å². The predicted molar refractivity (Wildman–Crippen MR) is 143 cm³/mol. The lowest BCUT2D eigenvalue weighted by molar-refractivity contribution is -0.605. The second-order valence-electron chi connectivity index (χ2n) is 9.41. The van der Waals surface area contributed by atoms with Crippen LogP contribution >= 0.6 is 23.2 Å². The molecular weight excluding hydrogens is 601 g/mol. The molecule has 0 saturated carbocycles. The van der Waals surface area contributed by atoms with Gasteiger partial charge in [0.1, 0.15) is 28.8 Å². The highest BCUT2D eigenvalue weighted by Gasteiger charge is 2.37. The number of alkyl halides is 2. The molecule has 2 atom stereocenters. The summed E-state index contributed by atoms with van der Waals surface area (Å²) in [7, 11) is 0. The number of fused-ring (bicyclic) bond motifs is 1. The van der Waals surface area contributed by atoms with Gasteiger partial charge in [0.25, 0.3) is 11.8 Å². The first-order chi connectivity index (χ1) is 20.1. The van der Waals surface area contributed by atoms with Gasteiger partial charge in [-0.3, -0.25) is 19.3 Å². The normalized spacial score (nSPS) is 17.0. The number of imide groups is 1. The molecule has 2 aliphatic rings. The largest absolute Gasteiger partial charge is 0.619 e. The van der Waals surface area contributed by atoms with Crippen LogP contribution in [0.15, 0.2) is 54.9 Å². The molecule has 220 valence electrons. The number of hydrogen-bond acceptors (Lipinski definition) is 8. The van der Waals surface area contributed by atoms with Crippen molar-refractivity contribution in [2.75, 3.05) is 19.8 Å². The van der Waals surface area contributed by atoms with Gasteiger partial charge in [0.05, 0.1) is 24.3 Å². The van der Waals surface area contributed by atoms with E-state index in [-0.39, 0.29) is 56.8 Å². The molecule has 0 N–H and O–H groups in total. The van der Waals surface area contributed by atoms with Crippen molar-refractivity contribution in [2.24, 2.45) is 0 Å². The summed E-state index contributed by atoms with van der Waals surface area (Å²) in [5.74, 6) is -2.55. The lowest BCUT2D eigenvalue weighted by Crippen LogP contribution is -2.36. The van der Waals surface area contributed by atoms with E-state index in [9.17, 15) is 28.4 Å². The Morgan fingerprint density at radius 1 is 1.07 bits per heavy atom. The molecule has 0 radical (unpaired) electrons. The number of carbonyl (C=O) groups excluding carboxylic acids is 3. The fourth-order valence-corrected chi connectivity index (χ4v) is 5.24. The highest BCUT2D eigenvalue weighted by atomic mass is 35.5. The molecule has 0 aliphatic carbocycles. The highest BCUT2D eigenvalue weighted by Crippen LogP contribution is 2.37. The fraction of sp³-hybridized carbons (Fsp3) is 0.286. The summed E-state index contributed by atoms with van der Waals surface area (Å²) in [6.07, 6.45) is 0.881. The van der Waals surface area contributed by atoms with E-state index in [2.05, 4.69) is 4.74 Å². The van der Waals surface area contributed by atoms with E-state index in [4.69, 9.17) is 37.4 Å². The van der Waals surface area contributed by atoms with E-state index in [0.29, 0.717) is 17.8 Å². The molecular formula is C28H22Cl2F2N2O8. The second-order valence-corrected chi connectivity index (χ2v) is 10.2. The Bertz CT molecular complexity index is 1480. The number of benzene rings is 2. The Kier molecular flexibility index (Phi) is 8.76. The van der Waals surface area contributed by atoms with Gasteiger partial charge in [-0.2, -0.15) is 13.5 Å². The average molecular weight is 623 g/mol. The molecule has 14 heteroatoms. The lowest BCUT2D eigenvalue weighted by Gasteiger charge is -2.23. The summed E-state index contributed by atoms with van der Waals surface area (Å²) < 4.78 is 48.2. The minimum atomic E-state index is -3.13. The number of esters is 1. The number of nitrogens with zero attached hydrogens (tertiary/aromatic N) is 2. The Hall–Kier alpha value is -4.00. The summed E-state index contributed by atoms with van der Waals surface area (Å²) in [6, 6.07) is 10.1. The molecule has 10 nitrogen and oxygen atoms in total. The number of pyridine rings is 1. The van der Waals surface area contributed by atoms with Crippen molar-refractivity contribution in [3.63, 3.8) is 0 Å². The third kappa shape index (κ3) is 6.40. The molecule has 0 spiro atoms. The summed E-state index contributed by atoms with van der Waals surface area (Å²) >= 11 is 12.5. The van der Waals surface area contributed by atoms with Gasteiger partial charge in [-0.25, -0.2) is 0 Å². The maximum absolute atomic E-state index is 13.2. The van der Waals surface area contributed by atoms with Gasteiger partial charge in [0, 0.05) is 18.4 Å². The van der Waals surface area contributed by atoms with Crippen LogP contribution in [-0.2, 0) is 20.7 Å². The van der Waals surface area contributed by atoms with Gasteiger partial charge in [0.15, 0.2) is 23.9 Å². The summed E-state index contributed by atoms with van der Waals surface area (Å²) in [4.78, 5) is 39.5. The third-order valence-corrected chi connectivity index (χ3v) is 7.27. The van der Waals surface area contributed by atoms with Crippen LogP contribution in [0.3, 0.4) is 0 Å². The van der Waals surface area contributed by atoms with Crippen LogP contribution in [0.25, 0.3) is 0 Å². The number of aromatic nitrogens is 1. The molecule has 3 aromatic rings. The molecule has 1 fully saturated rings. The average Bonchev–Trinajstić information content (AvgIpc) is 3.53. The first kappa shape index (κ1) is 29.5. The van der Waals surface area contributed by atoms with E-state index < -0.39 is 43.1 Å². The monoisotopic (exact) mass is 622 g/mol. The van der Waals surface area contributed by atoms with E-state index in [1.165, 1.54) is 30.3 Å². The molecule has 0 bridgehead atoms. The number of halogens is 4. The Morgan fingerprint density at radius 3 is 2.33 bits per heavy atom. The molecule has 2 amide bonds. The molecule has 1 saturated heterocycles. The number of amides is 2. The van der Waals surface area contributed by atoms with Crippen molar-refractivity contribution in [1.29, 1.82) is 0 Å². The minimum absolute atomic E-state index is 0.0175. The Labute approximate surface area is 247 Å². The zero-order valence-corrected chi connectivity index (χ0v) is 23.1. The van der Waals surface area contributed by atoms with Crippen molar-refractivity contribution in [3.05, 3.63) is 92.4 Å². The van der Waals surface area contributed by atoms with E-state index in [1.54, 1.807) is 12.1 Å². The Morgan fingerprint density at radius 2 is 1.74 bits per heavy atom. The molecule has 1 aromatic heterocycles. The van der Waals surface area contributed by atoms with Crippen LogP contribution in [0, 0.1) is 5.21 Å². The fourth-order valence-electron chi connectivity index (χ4n) is 4.64. The molecule has 5 rings (SSSR count). The van der Waals surface area contributed by atoms with Gasteiger partial charge < -0.3 is 24.2 Å². The van der Waals surface area contributed by atoms with Crippen molar-refractivity contribution < 1.29 is 46.8 Å². The molecule has 42 heavy (non-hydrogen) atoms. The molecule has 3 heterocycles. The number of rotatable bonds is 10. The maximum Gasteiger partial charge on any atom is 0.387 e. The molecule has 2 aliphatic heterocycles. The van der Waals surface area contributed by atoms with Crippen LogP contribution < -0.4 is 14.2 Å². The van der Waals surface area contributed by atoms with Gasteiger partial charge in [-0.15, -0.1) is 0 Å².